The van der Waals surface area contributed by atoms with E-state index >= 15 is 0 Å². The molecule has 0 radical (unpaired) electrons. The Hall–Kier alpha value is -1.10. The normalized spacial score (nSPS) is 25.8. The van der Waals surface area contributed by atoms with Crippen LogP contribution in [-0.2, 0) is 14.3 Å². The number of carbonyl (C=O) groups excluding carboxylic acids is 1. The Bertz CT molecular complexity index is 305. The summed E-state index contributed by atoms with van der Waals surface area (Å²) in [5, 5.41) is 9.12. The van der Waals surface area contributed by atoms with Gasteiger partial charge in [0.1, 0.15) is 0 Å². The number of carbonyl (C=O) groups is 2. The maximum Gasteiger partial charge on any atom is 0.308 e. The van der Waals surface area contributed by atoms with Gasteiger partial charge in [0.15, 0.2) is 0 Å². The van der Waals surface area contributed by atoms with Crippen molar-refractivity contribution in [3.8, 4) is 0 Å². The lowest BCUT2D eigenvalue weighted by atomic mass is 9.89. The molecule has 1 amide bonds. The highest BCUT2D eigenvalue weighted by Gasteiger charge is 2.35. The number of hydrogen-bond acceptors (Lipinski definition) is 3. The van der Waals surface area contributed by atoms with E-state index in [9.17, 15) is 9.59 Å². The van der Waals surface area contributed by atoms with E-state index in [0.717, 1.165) is 6.42 Å². The molecular weight excluding hydrogens is 234 g/mol. The fourth-order valence-electron chi connectivity index (χ4n) is 2.58. The smallest absolute Gasteiger partial charge is 0.308 e. The molecule has 3 atom stereocenters. The summed E-state index contributed by atoms with van der Waals surface area (Å²) in [5.41, 5.74) is 0. The molecule has 1 rings (SSSR count). The number of likely N-dealkylation sites (tertiary alicyclic amines) is 1. The van der Waals surface area contributed by atoms with Crippen molar-refractivity contribution in [1.29, 1.82) is 0 Å². The molecule has 0 aromatic rings. The van der Waals surface area contributed by atoms with Crippen molar-refractivity contribution in [3.05, 3.63) is 0 Å². The van der Waals surface area contributed by atoms with Gasteiger partial charge in [0.05, 0.1) is 5.92 Å². The molecule has 0 saturated carbocycles. The monoisotopic (exact) mass is 257 g/mol. The summed E-state index contributed by atoms with van der Waals surface area (Å²) in [6.07, 6.45) is 1.85. The first-order valence-electron chi connectivity index (χ1n) is 6.48. The van der Waals surface area contributed by atoms with E-state index in [-0.39, 0.29) is 17.9 Å². The molecule has 1 aliphatic rings. The van der Waals surface area contributed by atoms with Crippen LogP contribution in [0.25, 0.3) is 0 Å². The van der Waals surface area contributed by atoms with Crippen molar-refractivity contribution >= 4 is 11.9 Å². The Balaban J connectivity index is 2.59. The zero-order valence-corrected chi connectivity index (χ0v) is 11.4. The predicted molar refractivity (Wildman–Crippen MR) is 67.2 cm³/mol. The average Bonchev–Trinajstić information content (AvgIpc) is 2.28. The zero-order valence-electron chi connectivity index (χ0n) is 11.4. The van der Waals surface area contributed by atoms with Gasteiger partial charge in [0.25, 0.3) is 0 Å². The minimum atomic E-state index is -0.801. The summed E-state index contributed by atoms with van der Waals surface area (Å²) in [6.45, 7) is 5.02. The summed E-state index contributed by atoms with van der Waals surface area (Å²) < 4.78 is 5.01. The minimum absolute atomic E-state index is 0.0398. The number of rotatable bonds is 5. The van der Waals surface area contributed by atoms with Crippen molar-refractivity contribution in [1.82, 2.24) is 4.90 Å². The van der Waals surface area contributed by atoms with Gasteiger partial charge in [-0.2, -0.15) is 0 Å². The van der Waals surface area contributed by atoms with Gasteiger partial charge in [0.2, 0.25) is 5.91 Å². The zero-order chi connectivity index (χ0) is 13.7. The van der Waals surface area contributed by atoms with Crippen molar-refractivity contribution < 1.29 is 19.4 Å². The molecule has 1 N–H and O–H groups in total. The summed E-state index contributed by atoms with van der Waals surface area (Å²) in [5.74, 6) is -1.02. The van der Waals surface area contributed by atoms with E-state index in [1.165, 1.54) is 0 Å². The van der Waals surface area contributed by atoms with Gasteiger partial charge >= 0.3 is 5.97 Å². The largest absolute Gasteiger partial charge is 0.481 e. The van der Waals surface area contributed by atoms with Crippen LogP contribution in [0.15, 0.2) is 0 Å². The van der Waals surface area contributed by atoms with Crippen molar-refractivity contribution in [2.45, 2.75) is 39.2 Å². The first-order valence-corrected chi connectivity index (χ1v) is 6.48. The van der Waals surface area contributed by atoms with Crippen molar-refractivity contribution in [2.75, 3.05) is 20.3 Å². The SMILES string of the molecule is COCC(C)CC(=O)N1CCC[C@H](C(=O)O)[C@@H]1C. The van der Waals surface area contributed by atoms with Gasteiger partial charge in [-0.25, -0.2) is 0 Å². The molecule has 1 fully saturated rings. The number of hydrogen-bond donors (Lipinski definition) is 1. The number of nitrogens with zero attached hydrogens (tertiary/aromatic N) is 1. The molecule has 0 aromatic heterocycles. The standard InChI is InChI=1S/C13H23NO4/c1-9(8-18-3)7-12(15)14-6-4-5-11(10(14)2)13(16)17/h9-11H,4-8H2,1-3H3,(H,16,17)/t9?,10-,11-/m0/s1. The first kappa shape index (κ1) is 15.0. The molecule has 0 spiro atoms. The number of carboxylic acid groups (broad SMARTS) is 1. The van der Waals surface area contributed by atoms with Crippen LogP contribution in [0, 0.1) is 11.8 Å². The van der Waals surface area contributed by atoms with Crippen molar-refractivity contribution in [2.24, 2.45) is 11.8 Å². The van der Waals surface area contributed by atoms with Crippen LogP contribution in [0.5, 0.6) is 0 Å². The molecule has 104 valence electrons. The van der Waals surface area contributed by atoms with Gasteiger partial charge in [-0.05, 0) is 25.7 Å². The van der Waals surface area contributed by atoms with Gasteiger partial charge in [0, 0.05) is 32.7 Å². The highest BCUT2D eigenvalue weighted by molar-refractivity contribution is 5.78. The summed E-state index contributed by atoms with van der Waals surface area (Å²) in [4.78, 5) is 25.0. The lowest BCUT2D eigenvalue weighted by Gasteiger charge is -2.38. The third-order valence-electron chi connectivity index (χ3n) is 3.60. The topological polar surface area (TPSA) is 66.8 Å². The molecule has 0 aliphatic carbocycles. The van der Waals surface area contributed by atoms with Crippen LogP contribution >= 0.6 is 0 Å². The van der Waals surface area contributed by atoms with Crippen LogP contribution in [0.1, 0.15) is 33.1 Å². The summed E-state index contributed by atoms with van der Waals surface area (Å²) in [6, 6.07) is -0.210. The number of methoxy groups -OCH3 is 1. The Kier molecular flexibility index (Phi) is 5.59. The molecule has 1 saturated heterocycles. The van der Waals surface area contributed by atoms with E-state index in [2.05, 4.69) is 0 Å². The quantitative estimate of drug-likeness (QED) is 0.807. The molecule has 5 nitrogen and oxygen atoms in total. The lowest BCUT2D eigenvalue weighted by Crippen LogP contribution is -2.49. The molecule has 1 unspecified atom stereocenters. The van der Waals surface area contributed by atoms with Crippen LogP contribution in [0.2, 0.25) is 0 Å². The van der Waals surface area contributed by atoms with E-state index in [1.807, 2.05) is 13.8 Å². The second-order valence-corrected chi connectivity index (χ2v) is 5.18. The molecule has 0 aromatic carbocycles. The van der Waals surface area contributed by atoms with Gasteiger partial charge in [-0.15, -0.1) is 0 Å². The van der Waals surface area contributed by atoms with Crippen molar-refractivity contribution in [3.63, 3.8) is 0 Å². The Morgan fingerprint density at radius 3 is 2.72 bits per heavy atom. The van der Waals surface area contributed by atoms with E-state index < -0.39 is 11.9 Å². The maximum atomic E-state index is 12.1. The number of carboxylic acids is 1. The third-order valence-corrected chi connectivity index (χ3v) is 3.60. The molecule has 5 heteroatoms. The van der Waals surface area contributed by atoms with E-state index in [4.69, 9.17) is 9.84 Å². The predicted octanol–water partition coefficient (Wildman–Crippen LogP) is 1.37. The number of piperidine rings is 1. The number of ether oxygens (including phenoxy) is 1. The molecule has 1 heterocycles. The fourth-order valence-corrected chi connectivity index (χ4v) is 2.58. The van der Waals surface area contributed by atoms with E-state index in [1.54, 1.807) is 12.0 Å². The first-order chi connectivity index (χ1) is 8.47. The second-order valence-electron chi connectivity index (χ2n) is 5.18. The Labute approximate surface area is 108 Å². The molecular formula is C13H23NO4. The third kappa shape index (κ3) is 3.70. The van der Waals surface area contributed by atoms with E-state index in [0.29, 0.717) is 26.0 Å². The molecule has 1 aliphatic heterocycles. The van der Waals surface area contributed by atoms with Crippen LogP contribution in [-0.4, -0.2) is 48.2 Å². The number of aliphatic carboxylic acids is 1. The summed E-state index contributed by atoms with van der Waals surface area (Å²) in [7, 11) is 1.62. The fraction of sp³-hybridized carbons (Fsp3) is 0.846. The van der Waals surface area contributed by atoms with Gasteiger partial charge < -0.3 is 14.7 Å². The number of amides is 1. The molecule has 18 heavy (non-hydrogen) atoms. The summed E-state index contributed by atoms with van der Waals surface area (Å²) >= 11 is 0. The highest BCUT2D eigenvalue weighted by atomic mass is 16.5. The van der Waals surface area contributed by atoms with Crippen LogP contribution in [0.3, 0.4) is 0 Å². The maximum absolute atomic E-state index is 12.1. The Morgan fingerprint density at radius 1 is 1.50 bits per heavy atom. The van der Waals surface area contributed by atoms with Gasteiger partial charge in [-0.1, -0.05) is 6.92 Å². The minimum Gasteiger partial charge on any atom is -0.481 e. The average molecular weight is 257 g/mol. The van der Waals surface area contributed by atoms with Gasteiger partial charge in [-0.3, -0.25) is 9.59 Å². The van der Waals surface area contributed by atoms with Crippen LogP contribution in [0.4, 0.5) is 0 Å². The van der Waals surface area contributed by atoms with Crippen LogP contribution < -0.4 is 0 Å². The highest BCUT2D eigenvalue weighted by Crippen LogP contribution is 2.25. The molecule has 0 bridgehead atoms. The second kappa shape index (κ2) is 6.73. The lowest BCUT2D eigenvalue weighted by molar-refractivity contribution is -0.149. The Morgan fingerprint density at radius 2 is 2.17 bits per heavy atom.